The van der Waals surface area contributed by atoms with E-state index >= 15 is 0 Å². The van der Waals surface area contributed by atoms with Crippen LogP contribution in [0.2, 0.25) is 0 Å². The molecule has 3 N–H and O–H groups in total. The van der Waals surface area contributed by atoms with Crippen molar-refractivity contribution in [3.05, 3.63) is 102 Å². The van der Waals surface area contributed by atoms with E-state index in [4.69, 9.17) is 4.74 Å². The first-order chi connectivity index (χ1) is 16.9. The van der Waals surface area contributed by atoms with Crippen LogP contribution in [0.3, 0.4) is 0 Å². The summed E-state index contributed by atoms with van der Waals surface area (Å²) in [4.78, 5) is 37.4. The van der Waals surface area contributed by atoms with Crippen LogP contribution in [0.5, 0.6) is 0 Å². The normalized spacial score (nSPS) is 11.4. The Hall–Kier alpha value is -4.13. The lowest BCUT2D eigenvalue weighted by molar-refractivity contribution is -0.123. The molecule has 3 amide bonds. The molecule has 0 aliphatic heterocycles. The number of ether oxygens (including phenoxy) is 1. The van der Waals surface area contributed by atoms with E-state index in [1.165, 1.54) is 0 Å². The van der Waals surface area contributed by atoms with Crippen molar-refractivity contribution in [2.75, 3.05) is 5.32 Å². The number of amides is 3. The lowest BCUT2D eigenvalue weighted by Crippen LogP contribution is -2.48. The van der Waals surface area contributed by atoms with Gasteiger partial charge in [-0.1, -0.05) is 86.6 Å². The van der Waals surface area contributed by atoms with Gasteiger partial charge in [0, 0.05) is 24.6 Å². The Morgan fingerprint density at radius 1 is 0.771 bits per heavy atom. The molecule has 0 saturated carbocycles. The van der Waals surface area contributed by atoms with Gasteiger partial charge in [0.15, 0.2) is 0 Å². The van der Waals surface area contributed by atoms with Gasteiger partial charge in [0.25, 0.3) is 0 Å². The van der Waals surface area contributed by atoms with Crippen molar-refractivity contribution in [1.29, 1.82) is 0 Å². The number of benzene rings is 3. The number of carbonyl (C=O) groups excluding carboxylic acids is 3. The maximum Gasteiger partial charge on any atom is 0.408 e. The molecule has 3 aromatic rings. The van der Waals surface area contributed by atoms with E-state index in [1.54, 1.807) is 6.07 Å². The molecule has 7 heteroatoms. The van der Waals surface area contributed by atoms with Crippen molar-refractivity contribution in [1.82, 2.24) is 10.6 Å². The first-order valence-corrected chi connectivity index (χ1v) is 11.6. The van der Waals surface area contributed by atoms with Crippen molar-refractivity contribution >= 4 is 23.6 Å². The van der Waals surface area contributed by atoms with Crippen LogP contribution in [0.15, 0.2) is 84.9 Å². The van der Waals surface area contributed by atoms with Gasteiger partial charge in [0.2, 0.25) is 11.8 Å². The Kier molecular flexibility index (Phi) is 9.42. The molecule has 182 valence electrons. The second-order valence-electron chi connectivity index (χ2n) is 8.51. The molecule has 0 saturated heterocycles. The molecule has 0 aliphatic rings. The lowest BCUT2D eigenvalue weighted by Gasteiger charge is -2.19. The van der Waals surface area contributed by atoms with Crippen LogP contribution in [0.4, 0.5) is 10.5 Å². The van der Waals surface area contributed by atoms with E-state index in [0.29, 0.717) is 12.1 Å². The van der Waals surface area contributed by atoms with Gasteiger partial charge >= 0.3 is 6.09 Å². The summed E-state index contributed by atoms with van der Waals surface area (Å²) in [6.45, 7) is 4.01. The van der Waals surface area contributed by atoms with Gasteiger partial charge in [-0.25, -0.2) is 4.79 Å². The van der Waals surface area contributed by atoms with Crippen LogP contribution >= 0.6 is 0 Å². The molecule has 0 aliphatic carbocycles. The summed E-state index contributed by atoms with van der Waals surface area (Å²) < 4.78 is 5.31. The molecule has 3 rings (SSSR count). The smallest absolute Gasteiger partial charge is 0.408 e. The summed E-state index contributed by atoms with van der Waals surface area (Å²) in [6.07, 6.45) is -0.347. The van der Waals surface area contributed by atoms with Gasteiger partial charge in [-0.15, -0.1) is 0 Å². The van der Waals surface area contributed by atoms with E-state index in [-0.39, 0.29) is 30.9 Å². The molecule has 0 aromatic heterocycles. The SMILES string of the molecule is CC(C)C(=O)Nc1cccc(CNC(=O)[C@H](Cc2ccccc2)NC(=O)OCc2ccccc2)c1. The first-order valence-electron chi connectivity index (χ1n) is 11.6. The van der Waals surface area contributed by atoms with Crippen molar-refractivity contribution in [3.63, 3.8) is 0 Å². The summed E-state index contributed by atoms with van der Waals surface area (Å²) >= 11 is 0. The van der Waals surface area contributed by atoms with Gasteiger partial charge in [0.05, 0.1) is 0 Å². The lowest BCUT2D eigenvalue weighted by atomic mass is 10.1. The molecule has 0 bridgehead atoms. The molecule has 0 radical (unpaired) electrons. The summed E-state index contributed by atoms with van der Waals surface area (Å²) in [5.41, 5.74) is 3.26. The van der Waals surface area contributed by atoms with E-state index in [0.717, 1.165) is 16.7 Å². The van der Waals surface area contributed by atoms with E-state index < -0.39 is 12.1 Å². The van der Waals surface area contributed by atoms with Crippen LogP contribution in [-0.2, 0) is 33.9 Å². The molecule has 7 nitrogen and oxygen atoms in total. The standard InChI is InChI=1S/C28H31N3O4/c1-20(2)26(32)30-24-15-9-14-23(16-24)18-29-27(33)25(17-21-10-5-3-6-11-21)31-28(34)35-19-22-12-7-4-8-13-22/h3-16,20,25H,17-19H2,1-2H3,(H,29,33)(H,30,32)(H,31,34)/t25-/m0/s1. The quantitative estimate of drug-likeness (QED) is 0.406. The fourth-order valence-electron chi connectivity index (χ4n) is 3.32. The molecule has 0 unspecified atom stereocenters. The van der Waals surface area contributed by atoms with Crippen LogP contribution in [0, 0.1) is 5.92 Å². The van der Waals surface area contributed by atoms with Crippen LogP contribution in [0.1, 0.15) is 30.5 Å². The van der Waals surface area contributed by atoms with E-state index in [9.17, 15) is 14.4 Å². The van der Waals surface area contributed by atoms with Crippen molar-refractivity contribution in [2.45, 2.75) is 39.5 Å². The molecule has 3 aromatic carbocycles. The molecule has 0 spiro atoms. The Morgan fingerprint density at radius 2 is 1.40 bits per heavy atom. The highest BCUT2D eigenvalue weighted by Crippen LogP contribution is 2.12. The Morgan fingerprint density at radius 3 is 2.06 bits per heavy atom. The second-order valence-corrected chi connectivity index (χ2v) is 8.51. The molecule has 0 fully saturated rings. The zero-order chi connectivity index (χ0) is 25.0. The zero-order valence-electron chi connectivity index (χ0n) is 20.0. The highest BCUT2D eigenvalue weighted by Gasteiger charge is 2.22. The Bertz CT molecular complexity index is 1120. The minimum Gasteiger partial charge on any atom is -0.445 e. The Labute approximate surface area is 205 Å². The van der Waals surface area contributed by atoms with Crippen molar-refractivity contribution in [3.8, 4) is 0 Å². The van der Waals surface area contributed by atoms with E-state index in [1.807, 2.05) is 92.7 Å². The zero-order valence-corrected chi connectivity index (χ0v) is 20.0. The monoisotopic (exact) mass is 473 g/mol. The second kappa shape index (κ2) is 12.9. The molecule has 0 heterocycles. The summed E-state index contributed by atoms with van der Waals surface area (Å²) in [7, 11) is 0. The fraction of sp³-hybridized carbons (Fsp3) is 0.250. The highest BCUT2D eigenvalue weighted by atomic mass is 16.5. The van der Waals surface area contributed by atoms with Gasteiger partial charge in [0.1, 0.15) is 12.6 Å². The molecular formula is C28H31N3O4. The maximum atomic E-state index is 13.0. The van der Waals surface area contributed by atoms with Gasteiger partial charge in [-0.05, 0) is 28.8 Å². The first kappa shape index (κ1) is 25.5. The van der Waals surface area contributed by atoms with Crippen molar-refractivity contribution in [2.24, 2.45) is 5.92 Å². The van der Waals surface area contributed by atoms with Crippen LogP contribution < -0.4 is 16.0 Å². The highest BCUT2D eigenvalue weighted by molar-refractivity contribution is 5.92. The number of hydrogen-bond acceptors (Lipinski definition) is 4. The number of anilines is 1. The average Bonchev–Trinajstić information content (AvgIpc) is 2.87. The van der Waals surface area contributed by atoms with Gasteiger partial charge in [-0.2, -0.15) is 0 Å². The number of nitrogens with one attached hydrogen (secondary N) is 3. The molecule has 35 heavy (non-hydrogen) atoms. The minimum absolute atomic E-state index is 0.0766. The molecular weight excluding hydrogens is 442 g/mol. The predicted octanol–water partition coefficient (Wildman–Crippen LogP) is 4.44. The van der Waals surface area contributed by atoms with Crippen LogP contribution in [-0.4, -0.2) is 23.9 Å². The third kappa shape index (κ3) is 8.62. The third-order valence-electron chi connectivity index (χ3n) is 5.29. The van der Waals surface area contributed by atoms with E-state index in [2.05, 4.69) is 16.0 Å². The van der Waals surface area contributed by atoms with Gasteiger partial charge < -0.3 is 20.7 Å². The Balaban J connectivity index is 1.61. The fourth-order valence-corrected chi connectivity index (χ4v) is 3.32. The third-order valence-corrected chi connectivity index (χ3v) is 5.29. The minimum atomic E-state index is -0.815. The number of rotatable bonds is 10. The number of hydrogen-bond donors (Lipinski definition) is 3. The van der Waals surface area contributed by atoms with Crippen molar-refractivity contribution < 1.29 is 19.1 Å². The maximum absolute atomic E-state index is 13.0. The summed E-state index contributed by atoms with van der Waals surface area (Å²) in [5, 5.41) is 8.42. The number of carbonyl (C=O) groups is 3. The predicted molar refractivity (Wildman–Crippen MR) is 135 cm³/mol. The summed E-state index contributed by atoms with van der Waals surface area (Å²) in [6, 6.07) is 25.3. The molecule has 1 atom stereocenters. The number of alkyl carbamates (subject to hydrolysis) is 1. The summed E-state index contributed by atoms with van der Waals surface area (Å²) in [5.74, 6) is -0.542. The van der Waals surface area contributed by atoms with Crippen LogP contribution in [0.25, 0.3) is 0 Å². The van der Waals surface area contributed by atoms with Gasteiger partial charge in [-0.3, -0.25) is 9.59 Å². The topological polar surface area (TPSA) is 96.5 Å². The largest absolute Gasteiger partial charge is 0.445 e. The average molecular weight is 474 g/mol.